The molecule has 0 aliphatic rings. The van der Waals surface area contributed by atoms with Gasteiger partial charge >= 0.3 is 0 Å². The second kappa shape index (κ2) is 8.24. The van der Waals surface area contributed by atoms with Gasteiger partial charge in [0.1, 0.15) is 6.54 Å². The van der Waals surface area contributed by atoms with Crippen molar-refractivity contribution in [2.24, 2.45) is 10.2 Å². The Bertz CT molecular complexity index is 1430. The Morgan fingerprint density at radius 1 is 1.03 bits per heavy atom. The number of thiazole rings is 1. The molecule has 0 saturated carbocycles. The number of fused-ring (bicyclic) bond motifs is 2. The molecule has 8 heteroatoms. The van der Waals surface area contributed by atoms with Gasteiger partial charge in [0.05, 0.1) is 15.7 Å². The monoisotopic (exact) mass is 441 g/mol. The Morgan fingerprint density at radius 2 is 1.78 bits per heavy atom. The number of carbonyl (C=O) groups excluding carboxylic acids is 1. The zero-order chi connectivity index (χ0) is 22.1. The predicted molar refractivity (Wildman–Crippen MR) is 127 cm³/mol. The van der Waals surface area contributed by atoms with Crippen molar-refractivity contribution in [3.8, 4) is 5.88 Å². The van der Waals surface area contributed by atoms with Crippen molar-refractivity contribution >= 4 is 54.9 Å². The molecular weight excluding hydrogens is 422 g/mol. The molecule has 2 heterocycles. The highest BCUT2D eigenvalue weighted by molar-refractivity contribution is 7.21. The smallest absolute Gasteiger partial charge is 0.244 e. The number of para-hydroxylation sites is 2. The molecule has 0 fully saturated rings. The molecule has 158 valence electrons. The van der Waals surface area contributed by atoms with Crippen molar-refractivity contribution in [3.63, 3.8) is 0 Å². The first kappa shape index (κ1) is 19.9. The van der Waals surface area contributed by atoms with E-state index < -0.39 is 0 Å². The van der Waals surface area contributed by atoms with Crippen molar-refractivity contribution in [3.05, 3.63) is 78.4 Å². The normalized spacial score (nSPS) is 11.5. The number of aryl methyl sites for hydroxylation is 1. The van der Waals surface area contributed by atoms with Crippen LogP contribution in [0.1, 0.15) is 5.56 Å². The number of carbonyl (C=O) groups is 1. The summed E-state index contributed by atoms with van der Waals surface area (Å²) in [5.41, 5.74) is 3.67. The maximum atomic E-state index is 12.6. The number of hydrogen-bond donors (Lipinski definition) is 2. The number of benzene rings is 3. The summed E-state index contributed by atoms with van der Waals surface area (Å²) in [5, 5.41) is 23.5. The Labute approximate surface area is 187 Å². The first-order valence-electron chi connectivity index (χ1n) is 10.0. The van der Waals surface area contributed by atoms with Gasteiger partial charge in [-0.2, -0.15) is 0 Å². The molecule has 0 radical (unpaired) electrons. The molecule has 7 nitrogen and oxygen atoms in total. The topological polar surface area (TPSA) is 91.9 Å². The third kappa shape index (κ3) is 3.83. The molecule has 2 aromatic heterocycles. The molecule has 5 rings (SSSR count). The number of amides is 1. The molecule has 5 aromatic rings. The standard InChI is InChI=1S/C24H19N5O2S/c1-15-10-12-16(13-11-15)25-21(30)14-29-19-8-4-2-6-17(19)22(23(29)31)27-28-24-26-18-7-3-5-9-20(18)32-24/h2-13,31H,14H2,1H3,(H,25,30). The molecule has 0 bridgehead atoms. The van der Waals surface area contributed by atoms with E-state index in [2.05, 4.69) is 20.5 Å². The molecule has 0 unspecified atom stereocenters. The number of azo groups is 1. The van der Waals surface area contributed by atoms with Gasteiger partial charge in [-0.1, -0.05) is 59.4 Å². The lowest BCUT2D eigenvalue weighted by Crippen LogP contribution is -2.18. The summed E-state index contributed by atoms with van der Waals surface area (Å²) in [7, 11) is 0. The van der Waals surface area contributed by atoms with Crippen molar-refractivity contribution in [2.45, 2.75) is 13.5 Å². The second-order valence-corrected chi connectivity index (χ2v) is 8.36. The lowest BCUT2D eigenvalue weighted by Gasteiger charge is -2.08. The highest BCUT2D eigenvalue weighted by Crippen LogP contribution is 2.40. The van der Waals surface area contributed by atoms with E-state index in [9.17, 15) is 9.90 Å². The van der Waals surface area contributed by atoms with Crippen LogP contribution < -0.4 is 5.32 Å². The van der Waals surface area contributed by atoms with Crippen LogP contribution in [0, 0.1) is 6.92 Å². The van der Waals surface area contributed by atoms with Gasteiger partial charge in [0.25, 0.3) is 0 Å². The third-order valence-electron chi connectivity index (χ3n) is 5.07. The van der Waals surface area contributed by atoms with Crippen molar-refractivity contribution in [1.29, 1.82) is 0 Å². The van der Waals surface area contributed by atoms with Gasteiger partial charge in [0, 0.05) is 11.1 Å². The van der Waals surface area contributed by atoms with Crippen LogP contribution in [0.4, 0.5) is 16.5 Å². The number of nitrogens with one attached hydrogen (secondary N) is 1. The summed E-state index contributed by atoms with van der Waals surface area (Å²) in [6.07, 6.45) is 0. The Balaban J connectivity index is 1.46. The van der Waals surface area contributed by atoms with Gasteiger partial charge in [0.15, 0.2) is 5.69 Å². The van der Waals surface area contributed by atoms with Gasteiger partial charge in [-0.15, -0.1) is 10.2 Å². The fourth-order valence-corrected chi connectivity index (χ4v) is 4.29. The Morgan fingerprint density at radius 3 is 2.59 bits per heavy atom. The van der Waals surface area contributed by atoms with Crippen molar-refractivity contribution < 1.29 is 9.90 Å². The van der Waals surface area contributed by atoms with Crippen LogP contribution in [0.3, 0.4) is 0 Å². The third-order valence-corrected chi connectivity index (χ3v) is 5.99. The molecule has 1 amide bonds. The summed E-state index contributed by atoms with van der Waals surface area (Å²) < 4.78 is 2.55. The van der Waals surface area contributed by atoms with Crippen molar-refractivity contribution in [2.75, 3.05) is 5.32 Å². The number of rotatable bonds is 5. The first-order valence-corrected chi connectivity index (χ1v) is 10.8. The van der Waals surface area contributed by atoms with Gasteiger partial charge in [-0.05, 0) is 37.3 Å². The van der Waals surface area contributed by atoms with E-state index in [-0.39, 0.29) is 18.3 Å². The number of aromatic hydroxyl groups is 1. The van der Waals surface area contributed by atoms with E-state index in [1.807, 2.05) is 79.7 Å². The minimum Gasteiger partial charge on any atom is -0.493 e. The average Bonchev–Trinajstić information content (AvgIpc) is 3.33. The molecular formula is C24H19N5O2S. The summed E-state index contributed by atoms with van der Waals surface area (Å²) in [6, 6.07) is 22.7. The number of aromatic nitrogens is 2. The second-order valence-electron chi connectivity index (χ2n) is 7.35. The molecule has 0 spiro atoms. The van der Waals surface area contributed by atoms with Crippen molar-refractivity contribution in [1.82, 2.24) is 9.55 Å². The van der Waals surface area contributed by atoms with Crippen LogP contribution in [-0.4, -0.2) is 20.6 Å². The Hall–Kier alpha value is -4.04. The first-order chi connectivity index (χ1) is 15.6. The lowest BCUT2D eigenvalue weighted by molar-refractivity contribution is -0.116. The van der Waals surface area contributed by atoms with Gasteiger partial charge in [0.2, 0.25) is 16.9 Å². The van der Waals surface area contributed by atoms with Gasteiger partial charge in [-0.25, -0.2) is 4.98 Å². The van der Waals surface area contributed by atoms with Crippen LogP contribution in [0.15, 0.2) is 83.0 Å². The minimum absolute atomic E-state index is 0.0587. The van der Waals surface area contributed by atoms with Crippen LogP contribution in [-0.2, 0) is 11.3 Å². The van der Waals surface area contributed by atoms with E-state index in [0.717, 1.165) is 15.8 Å². The summed E-state index contributed by atoms with van der Waals surface area (Å²) >= 11 is 1.42. The van der Waals surface area contributed by atoms with E-state index in [1.54, 1.807) is 0 Å². The molecule has 0 atom stereocenters. The predicted octanol–water partition coefficient (Wildman–Crippen LogP) is 6.32. The number of hydrogen-bond acceptors (Lipinski definition) is 6. The van der Waals surface area contributed by atoms with Crippen LogP contribution >= 0.6 is 11.3 Å². The summed E-state index contributed by atoms with van der Waals surface area (Å²) in [5.74, 6) is -0.366. The maximum Gasteiger partial charge on any atom is 0.244 e. The minimum atomic E-state index is -0.250. The van der Waals surface area contributed by atoms with Gasteiger partial charge < -0.3 is 15.0 Å². The molecule has 2 N–H and O–H groups in total. The Kier molecular flexibility index (Phi) is 5.12. The largest absolute Gasteiger partial charge is 0.493 e. The van der Waals surface area contributed by atoms with E-state index >= 15 is 0 Å². The average molecular weight is 442 g/mol. The van der Waals surface area contributed by atoms with E-state index in [4.69, 9.17) is 0 Å². The molecule has 32 heavy (non-hydrogen) atoms. The molecule has 0 aliphatic carbocycles. The van der Waals surface area contributed by atoms with Crippen LogP contribution in [0.2, 0.25) is 0 Å². The fraction of sp³-hybridized carbons (Fsp3) is 0.0833. The summed E-state index contributed by atoms with van der Waals surface area (Å²) in [4.78, 5) is 17.1. The highest BCUT2D eigenvalue weighted by atomic mass is 32.1. The lowest BCUT2D eigenvalue weighted by atomic mass is 10.2. The van der Waals surface area contributed by atoms with Gasteiger partial charge in [-0.3, -0.25) is 4.79 Å². The quantitative estimate of drug-likeness (QED) is 0.313. The highest BCUT2D eigenvalue weighted by Gasteiger charge is 2.18. The fourth-order valence-electron chi connectivity index (χ4n) is 3.51. The molecule has 3 aromatic carbocycles. The number of anilines is 1. The zero-order valence-corrected chi connectivity index (χ0v) is 18.0. The zero-order valence-electron chi connectivity index (χ0n) is 17.2. The summed E-state index contributed by atoms with van der Waals surface area (Å²) in [6.45, 7) is 1.93. The molecule has 0 saturated heterocycles. The van der Waals surface area contributed by atoms with E-state index in [0.29, 0.717) is 27.4 Å². The van der Waals surface area contributed by atoms with E-state index in [1.165, 1.54) is 15.9 Å². The molecule has 0 aliphatic heterocycles. The SMILES string of the molecule is Cc1ccc(NC(=O)Cn2c(O)c(N=Nc3nc4ccccc4s3)c3ccccc32)cc1. The van der Waals surface area contributed by atoms with Crippen LogP contribution in [0.25, 0.3) is 21.1 Å². The van der Waals surface area contributed by atoms with Crippen LogP contribution in [0.5, 0.6) is 5.88 Å². The maximum absolute atomic E-state index is 12.6. The number of nitrogens with zero attached hydrogens (tertiary/aromatic N) is 4.